The standard InChI is InChI=1S/C11H14ClNO4S/c12-10-4-1-3-9(7-10)8-18(16,17)13-6-2-5-11(14)15/h1,3-4,7,13H,2,5-6,8H2,(H,14,15). The first-order valence-electron chi connectivity index (χ1n) is 5.32. The molecule has 0 saturated carbocycles. The van der Waals surface area contributed by atoms with Crippen molar-refractivity contribution in [1.29, 1.82) is 0 Å². The van der Waals surface area contributed by atoms with Crippen molar-refractivity contribution in [2.75, 3.05) is 6.54 Å². The van der Waals surface area contributed by atoms with Gasteiger partial charge in [0.15, 0.2) is 0 Å². The van der Waals surface area contributed by atoms with E-state index in [-0.39, 0.29) is 25.1 Å². The maximum absolute atomic E-state index is 11.7. The molecular weight excluding hydrogens is 278 g/mol. The minimum absolute atomic E-state index is 0.0559. The fourth-order valence-electron chi connectivity index (χ4n) is 1.36. The molecule has 0 aliphatic carbocycles. The van der Waals surface area contributed by atoms with E-state index in [2.05, 4.69) is 4.72 Å². The van der Waals surface area contributed by atoms with E-state index in [4.69, 9.17) is 16.7 Å². The minimum Gasteiger partial charge on any atom is -0.481 e. The number of carboxylic acids is 1. The van der Waals surface area contributed by atoms with Crippen molar-refractivity contribution in [2.45, 2.75) is 18.6 Å². The summed E-state index contributed by atoms with van der Waals surface area (Å²) >= 11 is 5.75. The summed E-state index contributed by atoms with van der Waals surface area (Å²) in [6, 6.07) is 6.59. The lowest BCUT2D eigenvalue weighted by molar-refractivity contribution is -0.137. The van der Waals surface area contributed by atoms with Gasteiger partial charge in [-0.1, -0.05) is 23.7 Å². The number of nitrogens with one attached hydrogen (secondary N) is 1. The van der Waals surface area contributed by atoms with Crippen molar-refractivity contribution in [3.05, 3.63) is 34.9 Å². The minimum atomic E-state index is -3.45. The third kappa shape index (κ3) is 6.00. The number of aliphatic carboxylic acids is 1. The molecule has 0 aliphatic heterocycles. The zero-order chi connectivity index (χ0) is 13.6. The molecule has 18 heavy (non-hydrogen) atoms. The van der Waals surface area contributed by atoms with Crippen molar-refractivity contribution in [2.24, 2.45) is 0 Å². The van der Waals surface area contributed by atoms with Gasteiger partial charge in [-0.3, -0.25) is 4.79 Å². The molecule has 7 heteroatoms. The van der Waals surface area contributed by atoms with Crippen LogP contribution in [0.3, 0.4) is 0 Å². The predicted octanol–water partition coefficient (Wildman–Crippen LogP) is 1.62. The van der Waals surface area contributed by atoms with Gasteiger partial charge in [0.25, 0.3) is 0 Å². The van der Waals surface area contributed by atoms with E-state index in [1.807, 2.05) is 0 Å². The Morgan fingerprint density at radius 1 is 1.39 bits per heavy atom. The van der Waals surface area contributed by atoms with Crippen molar-refractivity contribution in [1.82, 2.24) is 4.72 Å². The first-order valence-corrected chi connectivity index (χ1v) is 7.36. The monoisotopic (exact) mass is 291 g/mol. The topological polar surface area (TPSA) is 83.5 Å². The van der Waals surface area contributed by atoms with Gasteiger partial charge in [0.1, 0.15) is 0 Å². The third-order valence-corrected chi connectivity index (χ3v) is 3.73. The van der Waals surface area contributed by atoms with Crippen LogP contribution < -0.4 is 4.72 Å². The van der Waals surface area contributed by atoms with Crippen LogP contribution in [0.15, 0.2) is 24.3 Å². The highest BCUT2D eigenvalue weighted by molar-refractivity contribution is 7.88. The highest BCUT2D eigenvalue weighted by Gasteiger charge is 2.11. The first kappa shape index (κ1) is 14.9. The summed E-state index contributed by atoms with van der Waals surface area (Å²) < 4.78 is 25.7. The number of sulfonamides is 1. The highest BCUT2D eigenvalue weighted by Crippen LogP contribution is 2.12. The molecule has 2 N–H and O–H groups in total. The molecular formula is C11H14ClNO4S. The van der Waals surface area contributed by atoms with Crippen LogP contribution in [0.4, 0.5) is 0 Å². The lowest BCUT2D eigenvalue weighted by Gasteiger charge is -2.06. The van der Waals surface area contributed by atoms with Crippen LogP contribution >= 0.6 is 11.6 Å². The zero-order valence-corrected chi connectivity index (χ0v) is 11.2. The summed E-state index contributed by atoms with van der Waals surface area (Å²) in [5.74, 6) is -1.11. The molecule has 0 bridgehead atoms. The number of hydrogen-bond acceptors (Lipinski definition) is 3. The molecule has 1 rings (SSSR count). The maximum atomic E-state index is 11.7. The SMILES string of the molecule is O=C(O)CCCNS(=O)(=O)Cc1cccc(Cl)c1. The van der Waals surface area contributed by atoms with Crippen LogP contribution in [0, 0.1) is 0 Å². The van der Waals surface area contributed by atoms with Crippen LogP contribution in [-0.2, 0) is 20.6 Å². The Morgan fingerprint density at radius 3 is 2.72 bits per heavy atom. The number of halogens is 1. The second-order valence-corrected chi connectivity index (χ2v) is 6.02. The Hall–Kier alpha value is -1.11. The van der Waals surface area contributed by atoms with E-state index >= 15 is 0 Å². The third-order valence-electron chi connectivity index (χ3n) is 2.14. The van der Waals surface area contributed by atoms with Crippen LogP contribution in [0.1, 0.15) is 18.4 Å². The van der Waals surface area contributed by atoms with E-state index in [0.29, 0.717) is 10.6 Å². The maximum Gasteiger partial charge on any atom is 0.303 e. The average molecular weight is 292 g/mol. The predicted molar refractivity (Wildman–Crippen MR) is 68.9 cm³/mol. The molecule has 0 spiro atoms. The summed E-state index contributed by atoms with van der Waals surface area (Å²) in [4.78, 5) is 10.3. The first-order chi connectivity index (χ1) is 8.39. The quantitative estimate of drug-likeness (QED) is 0.748. The number of rotatable bonds is 7. The van der Waals surface area contributed by atoms with E-state index in [9.17, 15) is 13.2 Å². The molecule has 1 aromatic carbocycles. The lowest BCUT2D eigenvalue weighted by atomic mass is 10.2. The molecule has 5 nitrogen and oxygen atoms in total. The summed E-state index contributed by atoms with van der Waals surface area (Å²) in [5.41, 5.74) is 0.591. The molecule has 0 atom stereocenters. The van der Waals surface area contributed by atoms with E-state index in [1.54, 1.807) is 24.3 Å². The Kier molecular flexibility index (Phi) is 5.58. The van der Waals surface area contributed by atoms with Crippen molar-refractivity contribution < 1.29 is 18.3 Å². The average Bonchev–Trinajstić information content (AvgIpc) is 2.23. The molecule has 1 aromatic rings. The smallest absolute Gasteiger partial charge is 0.303 e. The van der Waals surface area contributed by atoms with Gasteiger partial charge in [0.2, 0.25) is 10.0 Å². The van der Waals surface area contributed by atoms with Gasteiger partial charge in [0, 0.05) is 18.0 Å². The second kappa shape index (κ2) is 6.72. The molecule has 100 valence electrons. The highest BCUT2D eigenvalue weighted by atomic mass is 35.5. The van der Waals surface area contributed by atoms with Gasteiger partial charge >= 0.3 is 5.97 Å². The van der Waals surface area contributed by atoms with Crippen molar-refractivity contribution in [3.63, 3.8) is 0 Å². The number of carboxylic acid groups (broad SMARTS) is 1. The fraction of sp³-hybridized carbons (Fsp3) is 0.364. The van der Waals surface area contributed by atoms with Gasteiger partial charge in [-0.15, -0.1) is 0 Å². The summed E-state index contributed by atoms with van der Waals surface area (Å²) in [7, 11) is -3.45. The molecule has 0 unspecified atom stereocenters. The zero-order valence-electron chi connectivity index (χ0n) is 9.60. The molecule has 0 radical (unpaired) electrons. The number of benzene rings is 1. The van der Waals surface area contributed by atoms with E-state index < -0.39 is 16.0 Å². The molecule has 0 heterocycles. The summed E-state index contributed by atoms with van der Waals surface area (Å²) in [6.45, 7) is 0.120. The lowest BCUT2D eigenvalue weighted by Crippen LogP contribution is -2.26. The molecule has 0 aromatic heterocycles. The second-order valence-electron chi connectivity index (χ2n) is 3.78. The van der Waals surface area contributed by atoms with Crippen LogP contribution in [-0.4, -0.2) is 26.0 Å². The van der Waals surface area contributed by atoms with Crippen LogP contribution in [0.25, 0.3) is 0 Å². The number of hydrogen-bond donors (Lipinski definition) is 2. The van der Waals surface area contributed by atoms with Gasteiger partial charge in [-0.05, 0) is 24.1 Å². The summed E-state index contributed by atoms with van der Waals surface area (Å²) in [6.07, 6.45) is 0.212. The van der Waals surface area contributed by atoms with Crippen LogP contribution in [0.5, 0.6) is 0 Å². The van der Waals surface area contributed by atoms with Crippen molar-refractivity contribution >= 4 is 27.6 Å². The Balaban J connectivity index is 2.47. The van der Waals surface area contributed by atoms with E-state index in [1.165, 1.54) is 0 Å². The molecule has 0 aliphatic rings. The largest absolute Gasteiger partial charge is 0.481 e. The normalized spacial score (nSPS) is 11.4. The summed E-state index contributed by atoms with van der Waals surface area (Å²) in [5, 5.41) is 8.90. The van der Waals surface area contributed by atoms with Crippen molar-refractivity contribution in [3.8, 4) is 0 Å². The van der Waals surface area contributed by atoms with Gasteiger partial charge in [-0.2, -0.15) is 0 Å². The molecule has 0 amide bonds. The Bertz CT molecular complexity index is 516. The van der Waals surface area contributed by atoms with Gasteiger partial charge < -0.3 is 5.11 Å². The molecule has 0 fully saturated rings. The Labute approximate surface area is 111 Å². The number of carbonyl (C=O) groups is 1. The molecule has 0 saturated heterocycles. The van der Waals surface area contributed by atoms with Gasteiger partial charge in [-0.25, -0.2) is 13.1 Å². The fourth-order valence-corrected chi connectivity index (χ4v) is 2.75. The Morgan fingerprint density at radius 2 is 2.11 bits per heavy atom. The van der Waals surface area contributed by atoms with Crippen LogP contribution in [0.2, 0.25) is 5.02 Å². The van der Waals surface area contributed by atoms with Gasteiger partial charge in [0.05, 0.1) is 5.75 Å². The van der Waals surface area contributed by atoms with E-state index in [0.717, 1.165) is 0 Å².